The quantitative estimate of drug-likeness (QED) is 0.396. The number of rotatable bonds is 7. The van der Waals surface area contributed by atoms with E-state index in [4.69, 9.17) is 4.74 Å². The van der Waals surface area contributed by atoms with Crippen molar-refractivity contribution in [2.24, 2.45) is 0 Å². The number of nitrogens with one attached hydrogen (secondary N) is 2. The van der Waals surface area contributed by atoms with Crippen LogP contribution in [0.1, 0.15) is 22.8 Å². The normalized spacial score (nSPS) is 10.4. The molecular formula is C25H21N3O3S. The summed E-state index contributed by atoms with van der Waals surface area (Å²) >= 11 is 1.36. The van der Waals surface area contributed by atoms with Crippen molar-refractivity contribution in [2.45, 2.75) is 13.5 Å². The molecule has 0 atom stereocenters. The molecule has 2 N–H and O–H groups in total. The fraction of sp³-hybridized carbons (Fsp3) is 0.0800. The number of carbonyl (C=O) groups excluding carboxylic acids is 2. The second-order valence-electron chi connectivity index (χ2n) is 7.04. The molecular weight excluding hydrogens is 422 g/mol. The summed E-state index contributed by atoms with van der Waals surface area (Å²) in [7, 11) is 0. The van der Waals surface area contributed by atoms with Crippen LogP contribution >= 0.6 is 11.3 Å². The van der Waals surface area contributed by atoms with Crippen LogP contribution in [0, 0.1) is 0 Å². The smallest absolute Gasteiger partial charge is 0.257 e. The summed E-state index contributed by atoms with van der Waals surface area (Å²) < 4.78 is 5.81. The van der Waals surface area contributed by atoms with Gasteiger partial charge in [0.15, 0.2) is 5.13 Å². The monoisotopic (exact) mass is 443 g/mol. The predicted molar refractivity (Wildman–Crippen MR) is 126 cm³/mol. The van der Waals surface area contributed by atoms with Gasteiger partial charge in [0.1, 0.15) is 11.5 Å². The van der Waals surface area contributed by atoms with Gasteiger partial charge in [-0.25, -0.2) is 4.98 Å². The molecule has 0 unspecified atom stereocenters. The molecule has 0 saturated carbocycles. The summed E-state index contributed by atoms with van der Waals surface area (Å²) in [6, 6.07) is 24.2. The molecule has 0 aliphatic rings. The number of thiazole rings is 1. The molecule has 1 aromatic heterocycles. The number of ether oxygens (including phenoxy) is 1. The summed E-state index contributed by atoms with van der Waals surface area (Å²) in [5.74, 6) is 0.974. The Balaban J connectivity index is 1.40. The highest BCUT2D eigenvalue weighted by molar-refractivity contribution is 7.14. The highest BCUT2D eigenvalue weighted by Crippen LogP contribution is 2.26. The van der Waals surface area contributed by atoms with Crippen molar-refractivity contribution < 1.29 is 14.3 Å². The Morgan fingerprint density at radius 1 is 0.938 bits per heavy atom. The minimum absolute atomic E-state index is 0.0638. The third-order valence-electron chi connectivity index (χ3n) is 4.59. The maximum atomic E-state index is 12.7. The van der Waals surface area contributed by atoms with E-state index < -0.39 is 0 Å². The topological polar surface area (TPSA) is 80.3 Å². The summed E-state index contributed by atoms with van der Waals surface area (Å²) in [4.78, 5) is 28.3. The first-order chi connectivity index (χ1) is 15.6. The van der Waals surface area contributed by atoms with Gasteiger partial charge in [0.25, 0.3) is 5.91 Å². The van der Waals surface area contributed by atoms with E-state index in [1.807, 2.05) is 60.0 Å². The molecule has 1 heterocycles. The van der Waals surface area contributed by atoms with Crippen molar-refractivity contribution in [2.75, 3.05) is 5.32 Å². The zero-order chi connectivity index (χ0) is 22.3. The highest BCUT2D eigenvalue weighted by Gasteiger charge is 2.11. The fourth-order valence-electron chi connectivity index (χ4n) is 2.98. The van der Waals surface area contributed by atoms with Crippen molar-refractivity contribution in [1.82, 2.24) is 10.3 Å². The Morgan fingerprint density at radius 3 is 2.44 bits per heavy atom. The first-order valence-corrected chi connectivity index (χ1v) is 10.9. The Morgan fingerprint density at radius 2 is 1.69 bits per heavy atom. The summed E-state index contributed by atoms with van der Waals surface area (Å²) in [5.41, 5.74) is 3.20. The predicted octanol–water partition coefficient (Wildman–Crippen LogP) is 5.49. The second-order valence-corrected chi connectivity index (χ2v) is 7.90. The van der Waals surface area contributed by atoms with E-state index in [9.17, 15) is 9.59 Å². The highest BCUT2D eigenvalue weighted by atomic mass is 32.1. The molecule has 0 spiro atoms. The molecule has 32 heavy (non-hydrogen) atoms. The number of anilines is 1. The summed E-state index contributed by atoms with van der Waals surface area (Å²) in [6.07, 6.45) is 0. The molecule has 2 amide bonds. The van der Waals surface area contributed by atoms with Gasteiger partial charge in [0, 0.05) is 30.0 Å². The van der Waals surface area contributed by atoms with Gasteiger partial charge in [-0.15, -0.1) is 11.3 Å². The lowest BCUT2D eigenvalue weighted by molar-refractivity contribution is -0.119. The SMILES string of the molecule is CC(=O)NCc1ccc(-c2csc(NC(=O)c3cccc(Oc4ccccc4)c3)n2)cc1. The molecule has 7 heteroatoms. The number of nitrogens with zero attached hydrogens (tertiary/aromatic N) is 1. The molecule has 0 aliphatic carbocycles. The zero-order valence-corrected chi connectivity index (χ0v) is 18.2. The lowest BCUT2D eigenvalue weighted by atomic mass is 10.1. The van der Waals surface area contributed by atoms with Gasteiger partial charge < -0.3 is 10.1 Å². The number of hydrogen-bond acceptors (Lipinski definition) is 5. The molecule has 4 rings (SSSR count). The van der Waals surface area contributed by atoms with E-state index in [0.29, 0.717) is 28.7 Å². The first kappa shape index (κ1) is 21.3. The molecule has 3 aromatic carbocycles. The van der Waals surface area contributed by atoms with Crippen LogP contribution in [0.15, 0.2) is 84.2 Å². The third kappa shape index (κ3) is 5.59. The average molecular weight is 444 g/mol. The first-order valence-electron chi connectivity index (χ1n) is 10.0. The molecule has 0 radical (unpaired) electrons. The second kappa shape index (κ2) is 9.89. The van der Waals surface area contributed by atoms with Crippen molar-refractivity contribution in [1.29, 1.82) is 0 Å². The Bertz CT molecular complexity index is 1220. The number of carbonyl (C=O) groups is 2. The van der Waals surface area contributed by atoms with E-state index in [1.54, 1.807) is 24.3 Å². The van der Waals surface area contributed by atoms with Gasteiger partial charge in [-0.2, -0.15) is 0 Å². The largest absolute Gasteiger partial charge is 0.457 e. The third-order valence-corrected chi connectivity index (χ3v) is 5.35. The molecule has 0 saturated heterocycles. The van der Waals surface area contributed by atoms with E-state index in [2.05, 4.69) is 15.6 Å². The van der Waals surface area contributed by atoms with Gasteiger partial charge in [0.05, 0.1) is 5.69 Å². The number of aromatic nitrogens is 1. The van der Waals surface area contributed by atoms with E-state index in [0.717, 1.165) is 16.8 Å². The van der Waals surface area contributed by atoms with Gasteiger partial charge in [0.2, 0.25) is 5.91 Å². The number of hydrogen-bond donors (Lipinski definition) is 2. The van der Waals surface area contributed by atoms with Crippen LogP contribution in [0.3, 0.4) is 0 Å². The van der Waals surface area contributed by atoms with Crippen LogP contribution in [0.5, 0.6) is 11.5 Å². The average Bonchev–Trinajstić information content (AvgIpc) is 3.27. The van der Waals surface area contributed by atoms with Gasteiger partial charge in [-0.3, -0.25) is 14.9 Å². The molecule has 4 aromatic rings. The van der Waals surface area contributed by atoms with Crippen molar-refractivity contribution in [3.63, 3.8) is 0 Å². The molecule has 0 bridgehead atoms. The molecule has 160 valence electrons. The van der Waals surface area contributed by atoms with Crippen molar-refractivity contribution >= 4 is 28.3 Å². The minimum Gasteiger partial charge on any atom is -0.457 e. The number of benzene rings is 3. The van der Waals surface area contributed by atoms with Crippen molar-refractivity contribution in [3.05, 3.63) is 95.4 Å². The van der Waals surface area contributed by atoms with E-state index in [1.165, 1.54) is 18.3 Å². The number of amides is 2. The van der Waals surface area contributed by atoms with Gasteiger partial charge in [-0.05, 0) is 35.9 Å². The van der Waals surface area contributed by atoms with Crippen LogP contribution in [0.25, 0.3) is 11.3 Å². The molecule has 0 fully saturated rings. The Labute approximate surface area is 189 Å². The summed E-state index contributed by atoms with van der Waals surface area (Å²) in [5, 5.41) is 8.03. The van der Waals surface area contributed by atoms with E-state index >= 15 is 0 Å². The minimum atomic E-state index is -0.255. The maximum Gasteiger partial charge on any atom is 0.257 e. The van der Waals surface area contributed by atoms with Gasteiger partial charge >= 0.3 is 0 Å². The Kier molecular flexibility index (Phi) is 6.57. The lowest BCUT2D eigenvalue weighted by Crippen LogP contribution is -2.18. The Hall–Kier alpha value is -3.97. The van der Waals surface area contributed by atoms with Crippen LogP contribution < -0.4 is 15.4 Å². The molecule has 6 nitrogen and oxygen atoms in total. The zero-order valence-electron chi connectivity index (χ0n) is 17.4. The van der Waals surface area contributed by atoms with Crippen LogP contribution in [-0.4, -0.2) is 16.8 Å². The van der Waals surface area contributed by atoms with Crippen LogP contribution in [0.2, 0.25) is 0 Å². The summed E-state index contributed by atoms with van der Waals surface area (Å²) in [6.45, 7) is 1.98. The number of para-hydroxylation sites is 1. The standard InChI is InChI=1S/C25H21N3O3S/c1-17(29)26-15-18-10-12-19(13-11-18)23-16-32-25(27-23)28-24(30)20-6-5-9-22(14-20)31-21-7-3-2-4-8-21/h2-14,16H,15H2,1H3,(H,26,29)(H,27,28,30). The van der Waals surface area contributed by atoms with Crippen LogP contribution in [0.4, 0.5) is 5.13 Å². The lowest BCUT2D eigenvalue weighted by Gasteiger charge is -2.07. The van der Waals surface area contributed by atoms with Crippen molar-refractivity contribution in [3.8, 4) is 22.8 Å². The molecule has 0 aliphatic heterocycles. The van der Waals surface area contributed by atoms with Crippen LogP contribution in [-0.2, 0) is 11.3 Å². The van der Waals surface area contributed by atoms with Gasteiger partial charge in [-0.1, -0.05) is 48.5 Å². The maximum absolute atomic E-state index is 12.7. The van der Waals surface area contributed by atoms with E-state index in [-0.39, 0.29) is 11.8 Å². The fourth-order valence-corrected chi connectivity index (χ4v) is 3.69.